The van der Waals surface area contributed by atoms with Crippen LogP contribution in [0.5, 0.6) is 11.5 Å². The van der Waals surface area contributed by atoms with Crippen LogP contribution in [0, 0.1) is 5.41 Å². The number of nitrogens with zero attached hydrogens (tertiary/aromatic N) is 2. The van der Waals surface area contributed by atoms with Crippen molar-refractivity contribution in [3.63, 3.8) is 0 Å². The quantitative estimate of drug-likeness (QED) is 0.422. The molecule has 3 aromatic rings. The summed E-state index contributed by atoms with van der Waals surface area (Å²) in [7, 11) is -0.937. The van der Waals surface area contributed by atoms with Crippen LogP contribution < -0.4 is 10.1 Å². The van der Waals surface area contributed by atoms with Crippen molar-refractivity contribution < 1.29 is 18.5 Å². The molecule has 8 heteroatoms. The maximum Gasteiger partial charge on any atom is 0.237 e. The summed E-state index contributed by atoms with van der Waals surface area (Å²) in [4.78, 5) is 27.9. The fraction of sp³-hybridized carbons (Fsp3) is 0.320. The van der Waals surface area contributed by atoms with Crippen LogP contribution in [0.2, 0.25) is 0 Å². The zero-order valence-electron chi connectivity index (χ0n) is 18.3. The van der Waals surface area contributed by atoms with Crippen LogP contribution >= 0.6 is 0 Å². The molecule has 1 N–H and O–H groups in total. The van der Waals surface area contributed by atoms with Gasteiger partial charge in [-0.25, -0.2) is 8.51 Å². The molecule has 1 aliphatic heterocycles. The molecule has 1 amide bonds. The Morgan fingerprint density at radius 2 is 2.00 bits per heavy atom. The van der Waals surface area contributed by atoms with Gasteiger partial charge in [0, 0.05) is 36.6 Å². The highest BCUT2D eigenvalue weighted by Gasteiger charge is 2.50. The smallest absolute Gasteiger partial charge is 0.237 e. The summed E-state index contributed by atoms with van der Waals surface area (Å²) in [6.45, 7) is 1.64. The van der Waals surface area contributed by atoms with E-state index in [1.165, 1.54) is 5.56 Å². The number of ether oxygens (including phenoxy) is 1. The van der Waals surface area contributed by atoms with Crippen LogP contribution in [-0.4, -0.2) is 45.0 Å². The number of carbonyl (C=O) groups is 2. The largest absolute Gasteiger partial charge is 0.457 e. The zero-order chi connectivity index (χ0) is 23.0. The second kappa shape index (κ2) is 8.68. The van der Waals surface area contributed by atoms with Crippen molar-refractivity contribution in [2.45, 2.75) is 25.2 Å². The van der Waals surface area contributed by atoms with Crippen molar-refractivity contribution in [3.8, 4) is 11.5 Å². The molecule has 2 aromatic carbocycles. The summed E-state index contributed by atoms with van der Waals surface area (Å²) in [5, 5.41) is 3.71. The molecule has 2 heterocycles. The van der Waals surface area contributed by atoms with Gasteiger partial charge in [-0.05, 0) is 73.2 Å². The SMILES string of the molecule is CS(=O)N1CCC(c2ccc3c(Oc4ccc(NC(=O)C5(C=O)CC5)cc4)ccnc3c2)C1. The lowest BCUT2D eigenvalue weighted by atomic mass is 9.97. The summed E-state index contributed by atoms with van der Waals surface area (Å²) >= 11 is 0. The Kier molecular flexibility index (Phi) is 5.72. The standard InChI is InChI=1S/C25H25N3O4S/c1-33(31)28-13-9-18(15-28)17-2-7-21-22(14-17)26-12-8-23(21)32-20-5-3-19(4-6-20)27-24(30)25(16-29)10-11-25/h2-8,12,14,16,18H,9-11,13,15H2,1H3,(H,27,30). The van der Waals surface area contributed by atoms with Crippen molar-refractivity contribution in [2.75, 3.05) is 24.7 Å². The van der Waals surface area contributed by atoms with Crippen molar-refractivity contribution in [1.82, 2.24) is 9.29 Å². The predicted molar refractivity (Wildman–Crippen MR) is 128 cm³/mol. The normalized spacial score (nSPS) is 20.3. The molecule has 2 aliphatic rings. The maximum atomic E-state index is 12.2. The third-order valence-corrected chi connectivity index (χ3v) is 7.58. The molecule has 1 saturated heterocycles. The number of nitrogens with one attached hydrogen (secondary N) is 1. The van der Waals surface area contributed by atoms with Crippen LogP contribution in [-0.2, 0) is 20.6 Å². The molecule has 33 heavy (non-hydrogen) atoms. The Bertz CT molecular complexity index is 1240. The number of fused-ring (bicyclic) bond motifs is 1. The zero-order valence-corrected chi connectivity index (χ0v) is 19.1. The number of aldehydes is 1. The summed E-state index contributed by atoms with van der Waals surface area (Å²) < 4.78 is 19.9. The fourth-order valence-corrected chi connectivity index (χ4v) is 4.99. The van der Waals surface area contributed by atoms with Gasteiger partial charge in [-0.2, -0.15) is 0 Å². The third-order valence-electron chi connectivity index (χ3n) is 6.52. The first-order valence-electron chi connectivity index (χ1n) is 11.0. The van der Waals surface area contributed by atoms with Crippen molar-refractivity contribution in [3.05, 3.63) is 60.3 Å². The van der Waals surface area contributed by atoms with Gasteiger partial charge < -0.3 is 14.8 Å². The molecule has 0 radical (unpaired) electrons. The van der Waals surface area contributed by atoms with Gasteiger partial charge in [0.1, 0.15) is 23.2 Å². The van der Waals surface area contributed by atoms with Gasteiger partial charge in [0.25, 0.3) is 0 Å². The second-order valence-electron chi connectivity index (χ2n) is 8.74. The minimum Gasteiger partial charge on any atom is -0.457 e. The summed E-state index contributed by atoms with van der Waals surface area (Å²) in [6, 6.07) is 15.1. The first kappa shape index (κ1) is 21.7. The highest BCUT2D eigenvalue weighted by atomic mass is 32.2. The van der Waals surface area contributed by atoms with E-state index in [1.807, 2.05) is 16.4 Å². The highest BCUT2D eigenvalue weighted by Crippen LogP contribution is 2.44. The number of hydrogen-bond donors (Lipinski definition) is 1. The fourth-order valence-electron chi connectivity index (χ4n) is 4.24. The lowest BCUT2D eigenvalue weighted by molar-refractivity contribution is -0.126. The number of aromatic nitrogens is 1. The molecule has 1 saturated carbocycles. The van der Waals surface area contributed by atoms with E-state index in [4.69, 9.17) is 4.74 Å². The van der Waals surface area contributed by atoms with E-state index in [0.29, 0.717) is 35.9 Å². The number of amides is 1. The Balaban J connectivity index is 1.30. The van der Waals surface area contributed by atoms with E-state index in [-0.39, 0.29) is 5.91 Å². The number of rotatable bonds is 7. The minimum absolute atomic E-state index is 0.252. The minimum atomic E-state index is -0.937. The van der Waals surface area contributed by atoms with E-state index in [2.05, 4.69) is 22.4 Å². The van der Waals surface area contributed by atoms with Crippen LogP contribution in [0.25, 0.3) is 10.9 Å². The van der Waals surface area contributed by atoms with E-state index in [9.17, 15) is 13.8 Å². The van der Waals surface area contributed by atoms with E-state index >= 15 is 0 Å². The monoisotopic (exact) mass is 463 g/mol. The van der Waals surface area contributed by atoms with Gasteiger partial charge in [-0.15, -0.1) is 0 Å². The summed E-state index contributed by atoms with van der Waals surface area (Å²) in [5.74, 6) is 1.43. The molecule has 170 valence electrons. The summed E-state index contributed by atoms with van der Waals surface area (Å²) in [6.07, 6.45) is 6.40. The van der Waals surface area contributed by atoms with Crippen LogP contribution in [0.3, 0.4) is 0 Å². The number of pyridine rings is 1. The van der Waals surface area contributed by atoms with E-state index < -0.39 is 16.4 Å². The van der Waals surface area contributed by atoms with Gasteiger partial charge >= 0.3 is 0 Å². The van der Waals surface area contributed by atoms with Crippen molar-refractivity contribution in [2.24, 2.45) is 5.41 Å². The molecular weight excluding hydrogens is 438 g/mol. The van der Waals surface area contributed by atoms with Gasteiger partial charge in [-0.1, -0.05) is 6.07 Å². The highest BCUT2D eigenvalue weighted by molar-refractivity contribution is 7.81. The van der Waals surface area contributed by atoms with Gasteiger partial charge in [-0.3, -0.25) is 9.78 Å². The van der Waals surface area contributed by atoms with E-state index in [0.717, 1.165) is 36.7 Å². The second-order valence-corrected chi connectivity index (χ2v) is 10.1. The van der Waals surface area contributed by atoms with Crippen LogP contribution in [0.1, 0.15) is 30.7 Å². The van der Waals surface area contributed by atoms with Gasteiger partial charge in [0.2, 0.25) is 5.91 Å². The lowest BCUT2D eigenvalue weighted by Crippen LogP contribution is -2.25. The molecule has 1 aliphatic carbocycles. The van der Waals surface area contributed by atoms with Gasteiger partial charge in [0.05, 0.1) is 16.5 Å². The Morgan fingerprint density at radius 1 is 1.21 bits per heavy atom. The molecular formula is C25H25N3O4S. The Hall–Kier alpha value is -3.10. The topological polar surface area (TPSA) is 88.6 Å². The van der Waals surface area contributed by atoms with Crippen LogP contribution in [0.15, 0.2) is 54.7 Å². The van der Waals surface area contributed by atoms with Gasteiger partial charge in [0.15, 0.2) is 0 Å². The molecule has 0 spiro atoms. The third kappa shape index (κ3) is 4.41. The molecule has 0 bridgehead atoms. The molecule has 2 fully saturated rings. The predicted octanol–water partition coefficient (Wildman–Crippen LogP) is 4.03. The molecule has 5 rings (SSSR count). The van der Waals surface area contributed by atoms with Crippen molar-refractivity contribution in [1.29, 1.82) is 0 Å². The number of benzene rings is 2. The van der Waals surface area contributed by atoms with Crippen molar-refractivity contribution >= 4 is 39.8 Å². The Labute approximate surface area is 194 Å². The first-order chi connectivity index (χ1) is 16.0. The number of anilines is 1. The molecule has 7 nitrogen and oxygen atoms in total. The maximum absolute atomic E-state index is 12.2. The average molecular weight is 464 g/mol. The average Bonchev–Trinajstić information content (AvgIpc) is 3.47. The number of hydrogen-bond acceptors (Lipinski definition) is 5. The summed E-state index contributed by atoms with van der Waals surface area (Å²) in [5.41, 5.74) is 1.84. The van der Waals surface area contributed by atoms with Crippen LogP contribution in [0.4, 0.5) is 5.69 Å². The Morgan fingerprint density at radius 3 is 2.67 bits per heavy atom. The number of carbonyl (C=O) groups excluding carboxylic acids is 2. The van der Waals surface area contributed by atoms with E-state index in [1.54, 1.807) is 36.7 Å². The lowest BCUT2D eigenvalue weighted by Gasteiger charge is -2.14. The molecule has 2 atom stereocenters. The molecule has 1 aromatic heterocycles. The molecule has 2 unspecified atom stereocenters. The first-order valence-corrected chi connectivity index (χ1v) is 12.5.